The van der Waals surface area contributed by atoms with E-state index >= 15 is 0 Å². The van der Waals surface area contributed by atoms with E-state index in [2.05, 4.69) is 14.9 Å². The van der Waals surface area contributed by atoms with E-state index in [0.717, 1.165) is 28.3 Å². The Bertz CT molecular complexity index is 1130. The number of aryl methyl sites for hydroxylation is 1. The molecule has 7 nitrogen and oxygen atoms in total. The monoisotopic (exact) mass is 389 g/mol. The van der Waals surface area contributed by atoms with Crippen LogP contribution in [0.2, 0.25) is 0 Å². The van der Waals surface area contributed by atoms with E-state index in [1.165, 1.54) is 0 Å². The molecule has 0 unspecified atom stereocenters. The van der Waals surface area contributed by atoms with Crippen molar-refractivity contribution in [1.29, 1.82) is 0 Å². The van der Waals surface area contributed by atoms with E-state index in [1.807, 2.05) is 66.3 Å². The Kier molecular flexibility index (Phi) is 5.39. The number of aromatic nitrogens is 4. The summed E-state index contributed by atoms with van der Waals surface area (Å²) in [5.74, 6) is 0.782. The molecule has 4 heterocycles. The molecule has 7 heteroatoms. The van der Waals surface area contributed by atoms with E-state index in [1.54, 1.807) is 13.3 Å². The lowest BCUT2D eigenvalue weighted by Crippen LogP contribution is -2.26. The first-order chi connectivity index (χ1) is 14.2. The number of amides is 1. The molecule has 0 atom stereocenters. The molecule has 0 bridgehead atoms. The average molecular weight is 389 g/mol. The lowest BCUT2D eigenvalue weighted by molar-refractivity contribution is 0.0939. The van der Waals surface area contributed by atoms with Crippen molar-refractivity contribution in [3.63, 3.8) is 0 Å². The lowest BCUT2D eigenvalue weighted by atomic mass is 10.2. The Morgan fingerprint density at radius 3 is 2.93 bits per heavy atom. The smallest absolute Gasteiger partial charge is 0.253 e. The van der Waals surface area contributed by atoms with Crippen LogP contribution in [0.15, 0.2) is 61.2 Å². The van der Waals surface area contributed by atoms with Gasteiger partial charge < -0.3 is 19.0 Å². The van der Waals surface area contributed by atoms with Crippen LogP contribution in [0.3, 0.4) is 0 Å². The van der Waals surface area contributed by atoms with Crippen LogP contribution in [0, 0.1) is 6.92 Å². The van der Waals surface area contributed by atoms with Gasteiger partial charge in [-0.05, 0) is 36.8 Å². The summed E-state index contributed by atoms with van der Waals surface area (Å²) < 4.78 is 9.11. The van der Waals surface area contributed by atoms with Crippen LogP contribution in [0.5, 0.6) is 0 Å². The fourth-order valence-electron chi connectivity index (χ4n) is 3.37. The Balaban J connectivity index is 1.69. The summed E-state index contributed by atoms with van der Waals surface area (Å²) >= 11 is 0. The van der Waals surface area contributed by atoms with Gasteiger partial charge in [0.1, 0.15) is 11.5 Å². The molecule has 4 rings (SSSR count). The van der Waals surface area contributed by atoms with Crippen molar-refractivity contribution in [2.75, 3.05) is 20.3 Å². The average Bonchev–Trinajstić information content (AvgIpc) is 3.30. The maximum absolute atomic E-state index is 12.7. The number of rotatable bonds is 7. The van der Waals surface area contributed by atoms with Crippen molar-refractivity contribution >= 4 is 11.4 Å². The summed E-state index contributed by atoms with van der Waals surface area (Å²) in [6.07, 6.45) is 7.59. The van der Waals surface area contributed by atoms with Crippen molar-refractivity contribution in [3.8, 4) is 11.4 Å². The number of pyridine rings is 2. The number of carbonyl (C=O) groups excluding carboxylic acids is 1. The SMILES string of the molecule is COCCNC(=O)c1cc(-c2cn(Cc3cccnc3)c(C)n2)n2ccccc12. The molecule has 29 heavy (non-hydrogen) atoms. The molecule has 0 saturated heterocycles. The van der Waals surface area contributed by atoms with E-state index in [-0.39, 0.29) is 5.91 Å². The second-order valence-electron chi connectivity index (χ2n) is 6.81. The summed E-state index contributed by atoms with van der Waals surface area (Å²) in [5, 5.41) is 2.90. The van der Waals surface area contributed by atoms with Gasteiger partial charge in [0.05, 0.1) is 29.9 Å². The molecule has 0 aliphatic heterocycles. The molecule has 1 amide bonds. The van der Waals surface area contributed by atoms with Crippen molar-refractivity contribution in [3.05, 3.63) is 78.1 Å². The van der Waals surface area contributed by atoms with Crippen LogP contribution < -0.4 is 5.32 Å². The summed E-state index contributed by atoms with van der Waals surface area (Å²) in [6, 6.07) is 11.7. The second-order valence-corrected chi connectivity index (χ2v) is 6.81. The first-order valence-electron chi connectivity index (χ1n) is 9.47. The van der Waals surface area contributed by atoms with Crippen LogP contribution in [0.1, 0.15) is 21.7 Å². The van der Waals surface area contributed by atoms with Gasteiger partial charge in [-0.1, -0.05) is 12.1 Å². The number of ether oxygens (including phenoxy) is 1. The maximum Gasteiger partial charge on any atom is 0.253 e. The predicted octanol–water partition coefficient (Wildman–Crippen LogP) is 2.93. The predicted molar refractivity (Wildman–Crippen MR) is 111 cm³/mol. The molecular weight excluding hydrogens is 366 g/mol. The van der Waals surface area contributed by atoms with Gasteiger partial charge in [-0.25, -0.2) is 4.98 Å². The molecule has 0 aliphatic rings. The number of hydrogen-bond donors (Lipinski definition) is 1. The Hall–Kier alpha value is -3.45. The zero-order chi connectivity index (χ0) is 20.2. The third kappa shape index (κ3) is 3.90. The molecule has 0 spiro atoms. The van der Waals surface area contributed by atoms with Gasteiger partial charge in [-0.3, -0.25) is 9.78 Å². The zero-order valence-corrected chi connectivity index (χ0v) is 16.5. The van der Waals surface area contributed by atoms with Gasteiger partial charge in [0.25, 0.3) is 5.91 Å². The van der Waals surface area contributed by atoms with E-state index in [9.17, 15) is 4.79 Å². The highest BCUT2D eigenvalue weighted by Gasteiger charge is 2.18. The second kappa shape index (κ2) is 8.28. The minimum atomic E-state index is -0.122. The highest BCUT2D eigenvalue weighted by Crippen LogP contribution is 2.26. The standard InChI is InChI=1S/C22H23N5O2/c1-16-25-19(15-26(16)14-17-6-5-8-23-13-17)21-12-18(22(28)24-9-11-29-2)20-7-3-4-10-27(20)21/h3-8,10,12-13,15H,9,11,14H2,1-2H3,(H,24,28). The zero-order valence-electron chi connectivity index (χ0n) is 16.5. The van der Waals surface area contributed by atoms with E-state index in [4.69, 9.17) is 9.72 Å². The number of hydrogen-bond acceptors (Lipinski definition) is 4. The Labute approximate surface area is 169 Å². The maximum atomic E-state index is 12.7. The van der Waals surface area contributed by atoms with Crippen molar-refractivity contribution < 1.29 is 9.53 Å². The largest absolute Gasteiger partial charge is 0.383 e. The summed E-state index contributed by atoms with van der Waals surface area (Å²) in [7, 11) is 1.61. The van der Waals surface area contributed by atoms with Crippen molar-refractivity contribution in [1.82, 2.24) is 24.3 Å². The van der Waals surface area contributed by atoms with Gasteiger partial charge in [0, 0.05) is 38.4 Å². The minimum absolute atomic E-state index is 0.122. The Morgan fingerprint density at radius 1 is 1.24 bits per heavy atom. The van der Waals surface area contributed by atoms with Crippen LogP contribution in [-0.2, 0) is 11.3 Å². The van der Waals surface area contributed by atoms with E-state index < -0.39 is 0 Å². The highest BCUT2D eigenvalue weighted by molar-refractivity contribution is 6.02. The number of fused-ring (bicyclic) bond motifs is 1. The number of methoxy groups -OCH3 is 1. The quantitative estimate of drug-likeness (QED) is 0.493. The molecule has 4 aromatic rings. The molecule has 1 N–H and O–H groups in total. The van der Waals surface area contributed by atoms with Gasteiger partial charge in [-0.15, -0.1) is 0 Å². The van der Waals surface area contributed by atoms with Gasteiger partial charge in [0.2, 0.25) is 0 Å². The van der Waals surface area contributed by atoms with Crippen LogP contribution in [0.4, 0.5) is 0 Å². The highest BCUT2D eigenvalue weighted by atomic mass is 16.5. The normalized spacial score (nSPS) is 11.1. The molecule has 0 saturated carbocycles. The first-order valence-corrected chi connectivity index (χ1v) is 9.47. The van der Waals surface area contributed by atoms with Gasteiger partial charge >= 0.3 is 0 Å². The third-order valence-electron chi connectivity index (χ3n) is 4.83. The number of imidazole rings is 1. The fourth-order valence-corrected chi connectivity index (χ4v) is 3.37. The molecule has 0 radical (unpaired) electrons. The van der Waals surface area contributed by atoms with Gasteiger partial charge in [0.15, 0.2) is 0 Å². The third-order valence-corrected chi connectivity index (χ3v) is 4.83. The summed E-state index contributed by atoms with van der Waals surface area (Å²) in [5.41, 5.74) is 4.28. The van der Waals surface area contributed by atoms with Crippen LogP contribution in [-0.4, -0.2) is 45.1 Å². The molecule has 148 valence electrons. The number of nitrogens with one attached hydrogen (secondary N) is 1. The minimum Gasteiger partial charge on any atom is -0.383 e. The summed E-state index contributed by atoms with van der Waals surface area (Å²) in [6.45, 7) is 3.62. The van der Waals surface area contributed by atoms with E-state index in [0.29, 0.717) is 25.3 Å². The Morgan fingerprint density at radius 2 is 2.14 bits per heavy atom. The first kappa shape index (κ1) is 18.9. The molecule has 0 aliphatic carbocycles. The molecule has 0 fully saturated rings. The van der Waals surface area contributed by atoms with Gasteiger partial charge in [-0.2, -0.15) is 0 Å². The molecule has 0 aromatic carbocycles. The number of nitrogens with zero attached hydrogens (tertiary/aromatic N) is 4. The number of carbonyl (C=O) groups is 1. The topological polar surface area (TPSA) is 73.4 Å². The molecule has 4 aromatic heterocycles. The fraction of sp³-hybridized carbons (Fsp3) is 0.227. The van der Waals surface area contributed by atoms with Crippen LogP contribution in [0.25, 0.3) is 16.9 Å². The van der Waals surface area contributed by atoms with Crippen molar-refractivity contribution in [2.24, 2.45) is 0 Å². The van der Waals surface area contributed by atoms with Crippen LogP contribution >= 0.6 is 0 Å². The molecular formula is C22H23N5O2. The summed E-state index contributed by atoms with van der Waals surface area (Å²) in [4.78, 5) is 21.6. The van der Waals surface area contributed by atoms with Crippen molar-refractivity contribution in [2.45, 2.75) is 13.5 Å². The lowest BCUT2D eigenvalue weighted by Gasteiger charge is -2.03.